The SMILES string of the molecule is Cc1ccc([N+](=O)[O-])cc1N1C(=O)[C@H]2CCCCN2C1=O. The highest BCUT2D eigenvalue weighted by Crippen LogP contribution is 2.34. The summed E-state index contributed by atoms with van der Waals surface area (Å²) in [5, 5.41) is 10.9. The van der Waals surface area contributed by atoms with Gasteiger partial charge in [0.25, 0.3) is 11.6 Å². The van der Waals surface area contributed by atoms with Gasteiger partial charge in [-0.15, -0.1) is 0 Å². The molecule has 2 heterocycles. The van der Waals surface area contributed by atoms with Crippen LogP contribution in [0.5, 0.6) is 0 Å². The molecule has 7 nitrogen and oxygen atoms in total. The first-order chi connectivity index (χ1) is 10.0. The quantitative estimate of drug-likeness (QED) is 0.475. The molecule has 0 bridgehead atoms. The number of carbonyl (C=O) groups excluding carboxylic acids is 2. The Balaban J connectivity index is 2.04. The molecule has 3 amide bonds. The van der Waals surface area contributed by atoms with E-state index in [1.807, 2.05) is 0 Å². The average molecular weight is 289 g/mol. The Labute approximate surface area is 121 Å². The van der Waals surface area contributed by atoms with E-state index in [0.29, 0.717) is 24.2 Å². The van der Waals surface area contributed by atoms with Gasteiger partial charge < -0.3 is 4.90 Å². The third-order valence-corrected chi connectivity index (χ3v) is 4.09. The summed E-state index contributed by atoms with van der Waals surface area (Å²) in [6.07, 6.45) is 2.47. The van der Waals surface area contributed by atoms with Crippen LogP contribution < -0.4 is 4.90 Å². The Bertz CT molecular complexity index is 619. The number of benzene rings is 1. The summed E-state index contributed by atoms with van der Waals surface area (Å²) in [5.41, 5.74) is 0.858. The lowest BCUT2D eigenvalue weighted by Crippen LogP contribution is -2.39. The molecule has 3 rings (SSSR count). The number of carbonyl (C=O) groups is 2. The van der Waals surface area contributed by atoms with Crippen molar-refractivity contribution < 1.29 is 14.5 Å². The van der Waals surface area contributed by atoms with E-state index in [0.717, 1.165) is 17.7 Å². The smallest absolute Gasteiger partial charge is 0.312 e. The molecule has 2 saturated heterocycles. The van der Waals surface area contributed by atoms with Crippen LogP contribution in [-0.2, 0) is 4.79 Å². The summed E-state index contributed by atoms with van der Waals surface area (Å²) in [4.78, 5) is 38.0. The zero-order valence-electron chi connectivity index (χ0n) is 11.6. The second-order valence-corrected chi connectivity index (χ2v) is 5.39. The Morgan fingerprint density at radius 2 is 2.05 bits per heavy atom. The van der Waals surface area contributed by atoms with Crippen LogP contribution in [-0.4, -0.2) is 34.3 Å². The number of nitro groups is 1. The van der Waals surface area contributed by atoms with Gasteiger partial charge in [-0.1, -0.05) is 6.07 Å². The first-order valence-electron chi connectivity index (χ1n) is 6.90. The van der Waals surface area contributed by atoms with E-state index in [9.17, 15) is 19.7 Å². The average Bonchev–Trinajstić information content (AvgIpc) is 2.72. The Hall–Kier alpha value is -2.44. The lowest BCUT2D eigenvalue weighted by atomic mass is 10.0. The molecular formula is C14H15N3O4. The van der Waals surface area contributed by atoms with Gasteiger partial charge in [0.05, 0.1) is 10.6 Å². The molecular weight excluding hydrogens is 274 g/mol. The molecule has 2 fully saturated rings. The van der Waals surface area contributed by atoms with E-state index >= 15 is 0 Å². The Kier molecular flexibility index (Phi) is 3.12. The number of nitrogens with zero attached hydrogens (tertiary/aromatic N) is 3. The van der Waals surface area contributed by atoms with Gasteiger partial charge in [-0.25, -0.2) is 9.69 Å². The van der Waals surface area contributed by atoms with Crippen molar-refractivity contribution in [3.05, 3.63) is 33.9 Å². The molecule has 0 N–H and O–H groups in total. The van der Waals surface area contributed by atoms with E-state index < -0.39 is 11.0 Å². The number of hydrogen-bond donors (Lipinski definition) is 0. The Morgan fingerprint density at radius 1 is 1.29 bits per heavy atom. The maximum Gasteiger partial charge on any atom is 0.332 e. The number of anilines is 1. The van der Waals surface area contributed by atoms with Gasteiger partial charge in [0.2, 0.25) is 0 Å². The first-order valence-corrected chi connectivity index (χ1v) is 6.90. The van der Waals surface area contributed by atoms with Crippen LogP contribution in [0.25, 0.3) is 0 Å². The van der Waals surface area contributed by atoms with Crippen molar-refractivity contribution in [1.82, 2.24) is 4.90 Å². The summed E-state index contributed by atoms with van der Waals surface area (Å²) in [6.45, 7) is 2.30. The summed E-state index contributed by atoms with van der Waals surface area (Å²) < 4.78 is 0. The summed E-state index contributed by atoms with van der Waals surface area (Å²) >= 11 is 0. The number of nitro benzene ring substituents is 1. The molecule has 2 aliphatic rings. The van der Waals surface area contributed by atoms with Crippen LogP contribution in [0.2, 0.25) is 0 Å². The van der Waals surface area contributed by atoms with Crippen molar-refractivity contribution >= 4 is 23.3 Å². The maximum absolute atomic E-state index is 12.5. The molecule has 7 heteroatoms. The molecule has 0 unspecified atom stereocenters. The highest BCUT2D eigenvalue weighted by Gasteiger charge is 2.47. The summed E-state index contributed by atoms with van der Waals surface area (Å²) in [6, 6.07) is 3.45. The number of imide groups is 1. The van der Waals surface area contributed by atoms with Crippen LogP contribution in [0.1, 0.15) is 24.8 Å². The molecule has 21 heavy (non-hydrogen) atoms. The molecule has 1 aromatic rings. The predicted molar refractivity (Wildman–Crippen MR) is 75.1 cm³/mol. The van der Waals surface area contributed by atoms with E-state index in [2.05, 4.69) is 0 Å². The summed E-state index contributed by atoms with van der Waals surface area (Å²) in [7, 11) is 0. The van der Waals surface area contributed by atoms with Gasteiger partial charge in [0.1, 0.15) is 6.04 Å². The van der Waals surface area contributed by atoms with Crippen LogP contribution in [0.4, 0.5) is 16.2 Å². The second-order valence-electron chi connectivity index (χ2n) is 5.39. The van der Waals surface area contributed by atoms with Crippen LogP contribution in [0.3, 0.4) is 0 Å². The first kappa shape index (κ1) is 13.5. The monoisotopic (exact) mass is 289 g/mol. The van der Waals surface area contributed by atoms with E-state index in [4.69, 9.17) is 0 Å². The highest BCUT2D eigenvalue weighted by atomic mass is 16.6. The predicted octanol–water partition coefficient (Wildman–Crippen LogP) is 2.22. The maximum atomic E-state index is 12.5. The van der Waals surface area contributed by atoms with Gasteiger partial charge in [0.15, 0.2) is 0 Å². The van der Waals surface area contributed by atoms with Crippen LogP contribution in [0, 0.1) is 17.0 Å². The minimum atomic E-state index is -0.526. The zero-order chi connectivity index (χ0) is 15.1. The minimum Gasteiger partial charge on any atom is -0.312 e. The number of piperidine rings is 1. The van der Waals surface area contributed by atoms with Gasteiger partial charge >= 0.3 is 6.03 Å². The topological polar surface area (TPSA) is 83.8 Å². The number of aryl methyl sites for hydroxylation is 1. The Morgan fingerprint density at radius 3 is 2.71 bits per heavy atom. The van der Waals surface area contributed by atoms with Crippen molar-refractivity contribution in [3.8, 4) is 0 Å². The van der Waals surface area contributed by atoms with E-state index in [1.54, 1.807) is 17.9 Å². The fourth-order valence-electron chi connectivity index (χ4n) is 2.96. The molecule has 1 aromatic carbocycles. The fourth-order valence-corrected chi connectivity index (χ4v) is 2.96. The normalized spacial score (nSPS) is 21.7. The van der Waals surface area contributed by atoms with Crippen molar-refractivity contribution in [3.63, 3.8) is 0 Å². The molecule has 0 spiro atoms. The molecule has 0 saturated carbocycles. The van der Waals surface area contributed by atoms with Gasteiger partial charge in [-0.05, 0) is 31.7 Å². The number of amides is 3. The van der Waals surface area contributed by atoms with Crippen LogP contribution in [0.15, 0.2) is 18.2 Å². The number of non-ortho nitro benzene ring substituents is 1. The number of hydrogen-bond acceptors (Lipinski definition) is 4. The van der Waals surface area contributed by atoms with Crippen molar-refractivity contribution in [2.24, 2.45) is 0 Å². The zero-order valence-corrected chi connectivity index (χ0v) is 11.6. The fraction of sp³-hybridized carbons (Fsp3) is 0.429. The van der Waals surface area contributed by atoms with Crippen molar-refractivity contribution in [2.75, 3.05) is 11.4 Å². The molecule has 110 valence electrons. The lowest BCUT2D eigenvalue weighted by Gasteiger charge is -2.26. The van der Waals surface area contributed by atoms with Crippen molar-refractivity contribution in [1.29, 1.82) is 0 Å². The lowest BCUT2D eigenvalue weighted by molar-refractivity contribution is -0.384. The minimum absolute atomic E-state index is 0.124. The highest BCUT2D eigenvalue weighted by molar-refractivity contribution is 6.21. The van der Waals surface area contributed by atoms with E-state index in [-0.39, 0.29) is 17.6 Å². The number of rotatable bonds is 2. The standard InChI is InChI=1S/C14H15N3O4/c1-9-5-6-10(17(20)21)8-12(9)16-13(18)11-4-2-3-7-15(11)14(16)19/h5-6,8,11H,2-4,7H2,1H3/t11-/m1/s1. The number of urea groups is 1. The molecule has 2 aliphatic heterocycles. The third-order valence-electron chi connectivity index (χ3n) is 4.09. The van der Waals surface area contributed by atoms with Crippen LogP contribution >= 0.6 is 0 Å². The second kappa shape index (κ2) is 4.83. The largest absolute Gasteiger partial charge is 0.332 e. The van der Waals surface area contributed by atoms with Crippen molar-refractivity contribution in [2.45, 2.75) is 32.2 Å². The third kappa shape index (κ3) is 2.05. The molecule has 0 aromatic heterocycles. The summed E-state index contributed by atoms with van der Waals surface area (Å²) in [5.74, 6) is -0.275. The van der Waals surface area contributed by atoms with Gasteiger partial charge in [-0.2, -0.15) is 0 Å². The van der Waals surface area contributed by atoms with Gasteiger partial charge in [-0.3, -0.25) is 14.9 Å². The molecule has 0 radical (unpaired) electrons. The molecule has 0 aliphatic carbocycles. The van der Waals surface area contributed by atoms with E-state index in [1.165, 1.54) is 12.1 Å². The van der Waals surface area contributed by atoms with Gasteiger partial charge in [0, 0.05) is 18.7 Å². The molecule has 1 atom stereocenters. The number of fused-ring (bicyclic) bond motifs is 1.